The average Bonchev–Trinajstić information content (AvgIpc) is 3.02. The van der Waals surface area contributed by atoms with Gasteiger partial charge in [-0.25, -0.2) is 8.42 Å². The third-order valence-electron chi connectivity index (χ3n) is 8.10. The molecule has 0 saturated heterocycles. The first-order valence-corrected chi connectivity index (χ1v) is 16.4. The molecule has 1 unspecified atom stereocenters. The van der Waals surface area contributed by atoms with Crippen molar-refractivity contribution in [2.75, 3.05) is 25.1 Å². The number of hydrogen-bond donors (Lipinski definition) is 1. The van der Waals surface area contributed by atoms with Crippen molar-refractivity contribution in [2.45, 2.75) is 76.4 Å². The van der Waals surface area contributed by atoms with Gasteiger partial charge in [0.05, 0.1) is 24.8 Å². The lowest BCUT2D eigenvalue weighted by atomic mass is 9.95. The van der Waals surface area contributed by atoms with Crippen molar-refractivity contribution in [1.82, 2.24) is 10.2 Å². The molecule has 1 atom stereocenters. The number of anilines is 1. The highest BCUT2D eigenvalue weighted by atomic mass is 32.2. The van der Waals surface area contributed by atoms with E-state index in [0.29, 0.717) is 11.5 Å². The maximum atomic E-state index is 14.3. The van der Waals surface area contributed by atoms with Crippen molar-refractivity contribution < 1.29 is 27.5 Å². The van der Waals surface area contributed by atoms with Crippen LogP contribution in [0, 0.1) is 13.8 Å². The van der Waals surface area contributed by atoms with Gasteiger partial charge in [0.15, 0.2) is 0 Å². The van der Waals surface area contributed by atoms with Crippen LogP contribution in [0.4, 0.5) is 5.69 Å². The molecule has 0 spiro atoms. The number of rotatable bonds is 12. The molecule has 236 valence electrons. The number of amides is 2. The Hall–Kier alpha value is -4.05. The highest BCUT2D eigenvalue weighted by molar-refractivity contribution is 7.92. The monoisotopic (exact) mass is 621 g/mol. The van der Waals surface area contributed by atoms with Crippen LogP contribution in [0.5, 0.6) is 11.5 Å². The lowest BCUT2D eigenvalue weighted by molar-refractivity contribution is -0.139. The molecule has 1 N–H and O–H groups in total. The SMILES string of the molecule is COc1cccc(CN(C(=O)CN(c2cc(C)ccc2OC)S(=O)(=O)c2ccc(C)cc2)C(C)C(=O)NC2CCCCC2)c1. The molecule has 1 aliphatic rings. The summed E-state index contributed by atoms with van der Waals surface area (Å²) < 4.78 is 40.4. The molecule has 3 aromatic carbocycles. The summed E-state index contributed by atoms with van der Waals surface area (Å²) in [7, 11) is -1.20. The van der Waals surface area contributed by atoms with Gasteiger partial charge in [-0.15, -0.1) is 0 Å². The molecule has 4 rings (SSSR count). The van der Waals surface area contributed by atoms with Gasteiger partial charge < -0.3 is 19.7 Å². The van der Waals surface area contributed by atoms with Crippen LogP contribution in [0.3, 0.4) is 0 Å². The fourth-order valence-corrected chi connectivity index (χ4v) is 6.88. The summed E-state index contributed by atoms with van der Waals surface area (Å²) in [6, 6.07) is 18.1. The summed E-state index contributed by atoms with van der Waals surface area (Å²) in [5.41, 5.74) is 2.69. The molecule has 1 aliphatic carbocycles. The second kappa shape index (κ2) is 14.6. The molecule has 44 heavy (non-hydrogen) atoms. The van der Waals surface area contributed by atoms with Crippen LogP contribution < -0.4 is 19.1 Å². The van der Waals surface area contributed by atoms with E-state index in [9.17, 15) is 18.0 Å². The molecule has 1 fully saturated rings. The minimum absolute atomic E-state index is 0.0434. The molecular formula is C34H43N3O6S. The van der Waals surface area contributed by atoms with E-state index in [0.717, 1.165) is 53.1 Å². The topological polar surface area (TPSA) is 105 Å². The standard InChI is InChI=1S/C34H43N3O6S/c1-24-14-17-30(18-15-24)44(40,41)37(31-20-25(2)16-19-32(31)43-5)23-33(38)36(22-27-10-9-13-29(21-27)42-4)26(3)34(39)35-28-11-7-6-8-12-28/h9-10,13-21,26,28H,6-8,11-12,22-23H2,1-5H3,(H,35,39). The Balaban J connectivity index is 1.74. The van der Waals surface area contributed by atoms with E-state index in [4.69, 9.17) is 9.47 Å². The molecular weight excluding hydrogens is 578 g/mol. The number of benzene rings is 3. The van der Waals surface area contributed by atoms with Gasteiger partial charge in [-0.05, 0) is 81.1 Å². The highest BCUT2D eigenvalue weighted by Crippen LogP contribution is 2.34. The van der Waals surface area contributed by atoms with Gasteiger partial charge in [0.25, 0.3) is 10.0 Å². The Morgan fingerprint density at radius 1 is 0.909 bits per heavy atom. The van der Waals surface area contributed by atoms with Gasteiger partial charge in [0.1, 0.15) is 24.1 Å². The predicted octanol–water partition coefficient (Wildman–Crippen LogP) is 5.38. The van der Waals surface area contributed by atoms with Gasteiger partial charge in [0, 0.05) is 12.6 Å². The minimum atomic E-state index is -4.22. The average molecular weight is 622 g/mol. The molecule has 9 nitrogen and oxygen atoms in total. The van der Waals surface area contributed by atoms with Crippen molar-refractivity contribution in [3.63, 3.8) is 0 Å². The number of methoxy groups -OCH3 is 2. The lowest BCUT2D eigenvalue weighted by Gasteiger charge is -2.33. The van der Waals surface area contributed by atoms with Crippen molar-refractivity contribution in [3.05, 3.63) is 83.4 Å². The van der Waals surface area contributed by atoms with Crippen molar-refractivity contribution in [3.8, 4) is 11.5 Å². The fourth-order valence-electron chi connectivity index (χ4n) is 5.46. The number of carbonyl (C=O) groups excluding carboxylic acids is 2. The van der Waals surface area contributed by atoms with E-state index < -0.39 is 28.5 Å². The Morgan fingerprint density at radius 3 is 2.25 bits per heavy atom. The molecule has 1 saturated carbocycles. The van der Waals surface area contributed by atoms with Crippen molar-refractivity contribution >= 4 is 27.5 Å². The number of nitrogens with one attached hydrogen (secondary N) is 1. The number of carbonyl (C=O) groups is 2. The summed E-state index contributed by atoms with van der Waals surface area (Å²) in [6.45, 7) is 4.94. The Bertz CT molecular complexity index is 1550. The zero-order chi connectivity index (χ0) is 31.9. The number of ether oxygens (including phenoxy) is 2. The van der Waals surface area contributed by atoms with Crippen LogP contribution in [-0.2, 0) is 26.2 Å². The minimum Gasteiger partial charge on any atom is -0.497 e. The lowest BCUT2D eigenvalue weighted by Crippen LogP contribution is -2.53. The normalized spacial score (nSPS) is 14.4. The molecule has 0 bridgehead atoms. The molecule has 10 heteroatoms. The summed E-state index contributed by atoms with van der Waals surface area (Å²) in [5.74, 6) is 0.122. The highest BCUT2D eigenvalue weighted by Gasteiger charge is 2.34. The van der Waals surface area contributed by atoms with E-state index in [1.165, 1.54) is 24.1 Å². The zero-order valence-electron chi connectivity index (χ0n) is 26.2. The van der Waals surface area contributed by atoms with E-state index in [1.807, 2.05) is 32.0 Å². The first-order chi connectivity index (χ1) is 21.0. The quantitative estimate of drug-likeness (QED) is 0.291. The van der Waals surface area contributed by atoms with Crippen LogP contribution in [0.2, 0.25) is 0 Å². The molecule has 0 aromatic heterocycles. The van der Waals surface area contributed by atoms with Gasteiger partial charge in [0.2, 0.25) is 11.8 Å². The largest absolute Gasteiger partial charge is 0.497 e. The maximum absolute atomic E-state index is 14.3. The van der Waals surface area contributed by atoms with Crippen LogP contribution in [0.1, 0.15) is 55.7 Å². The Kier molecular flexibility index (Phi) is 10.9. The number of sulfonamides is 1. The second-order valence-corrected chi connectivity index (χ2v) is 13.3. The van der Waals surface area contributed by atoms with Gasteiger partial charge in [-0.3, -0.25) is 13.9 Å². The molecule has 2 amide bonds. The van der Waals surface area contributed by atoms with Gasteiger partial charge >= 0.3 is 0 Å². The summed E-state index contributed by atoms with van der Waals surface area (Å²) in [4.78, 5) is 29.3. The van der Waals surface area contributed by atoms with Crippen molar-refractivity contribution in [2.24, 2.45) is 0 Å². The first-order valence-electron chi connectivity index (χ1n) is 15.0. The number of nitrogens with zero attached hydrogens (tertiary/aromatic N) is 2. The van der Waals surface area contributed by atoms with E-state index in [2.05, 4.69) is 5.32 Å². The smallest absolute Gasteiger partial charge is 0.264 e. The molecule has 0 heterocycles. The summed E-state index contributed by atoms with van der Waals surface area (Å²) >= 11 is 0. The Morgan fingerprint density at radius 2 is 1.59 bits per heavy atom. The first kappa shape index (κ1) is 32.9. The van der Waals surface area contributed by atoms with E-state index in [-0.39, 0.29) is 29.1 Å². The molecule has 3 aromatic rings. The van der Waals surface area contributed by atoms with Crippen LogP contribution in [-0.4, -0.2) is 58.0 Å². The zero-order valence-corrected chi connectivity index (χ0v) is 27.0. The maximum Gasteiger partial charge on any atom is 0.264 e. The van der Waals surface area contributed by atoms with Crippen molar-refractivity contribution in [1.29, 1.82) is 0 Å². The van der Waals surface area contributed by atoms with Crippen LogP contribution in [0.15, 0.2) is 71.6 Å². The molecule has 0 radical (unpaired) electrons. The van der Waals surface area contributed by atoms with E-state index >= 15 is 0 Å². The van der Waals surface area contributed by atoms with Gasteiger partial charge in [-0.1, -0.05) is 55.2 Å². The third kappa shape index (κ3) is 7.91. The summed E-state index contributed by atoms with van der Waals surface area (Å²) in [6.07, 6.45) is 5.05. The number of aryl methyl sites for hydroxylation is 2. The molecule has 0 aliphatic heterocycles. The predicted molar refractivity (Wildman–Crippen MR) is 171 cm³/mol. The Labute approximate surface area is 261 Å². The third-order valence-corrected chi connectivity index (χ3v) is 9.87. The summed E-state index contributed by atoms with van der Waals surface area (Å²) in [5, 5.41) is 3.13. The second-order valence-electron chi connectivity index (χ2n) is 11.4. The van der Waals surface area contributed by atoms with Crippen LogP contribution in [0.25, 0.3) is 0 Å². The number of hydrogen-bond acceptors (Lipinski definition) is 6. The van der Waals surface area contributed by atoms with E-state index in [1.54, 1.807) is 50.4 Å². The van der Waals surface area contributed by atoms with Gasteiger partial charge in [-0.2, -0.15) is 0 Å². The van der Waals surface area contributed by atoms with Crippen LogP contribution >= 0.6 is 0 Å². The fraction of sp³-hybridized carbons (Fsp3) is 0.412.